The first-order valence-corrected chi connectivity index (χ1v) is 5.70. The summed E-state index contributed by atoms with van der Waals surface area (Å²) in [6.07, 6.45) is 2.82. The molecule has 0 heterocycles. The lowest BCUT2D eigenvalue weighted by atomic mass is 10.2. The van der Waals surface area contributed by atoms with Gasteiger partial charge in [-0.2, -0.15) is 0 Å². The van der Waals surface area contributed by atoms with Crippen molar-refractivity contribution in [3.8, 4) is 0 Å². The van der Waals surface area contributed by atoms with Crippen molar-refractivity contribution in [1.29, 1.82) is 0 Å². The van der Waals surface area contributed by atoms with Crippen LogP contribution in [0.15, 0.2) is 0 Å². The van der Waals surface area contributed by atoms with Crippen LogP contribution in [0.25, 0.3) is 0 Å². The van der Waals surface area contributed by atoms with Crippen LogP contribution in [0.5, 0.6) is 0 Å². The Kier molecular flexibility index (Phi) is 6.72. The molecule has 0 unspecified atom stereocenters. The highest BCUT2D eigenvalue weighted by atomic mass is 16.4. The predicted molar refractivity (Wildman–Crippen MR) is 62.0 cm³/mol. The summed E-state index contributed by atoms with van der Waals surface area (Å²) in [6, 6.07) is -1.46. The van der Waals surface area contributed by atoms with Crippen LogP contribution < -0.4 is 5.73 Å². The number of carboxylic acid groups (broad SMARTS) is 1. The van der Waals surface area contributed by atoms with Crippen molar-refractivity contribution >= 4 is 11.9 Å². The van der Waals surface area contributed by atoms with Gasteiger partial charge in [-0.15, -0.1) is 0 Å². The van der Waals surface area contributed by atoms with Crippen LogP contribution >= 0.6 is 0 Å². The zero-order valence-corrected chi connectivity index (χ0v) is 10.3. The van der Waals surface area contributed by atoms with Crippen molar-refractivity contribution in [3.05, 3.63) is 0 Å². The fourth-order valence-corrected chi connectivity index (χ4v) is 1.42. The molecule has 5 nitrogen and oxygen atoms in total. The molecule has 5 heteroatoms. The van der Waals surface area contributed by atoms with Crippen molar-refractivity contribution in [2.75, 3.05) is 6.54 Å². The monoisotopic (exact) mass is 230 g/mol. The average Bonchev–Trinajstić information content (AvgIpc) is 2.22. The van der Waals surface area contributed by atoms with E-state index in [1.54, 1.807) is 6.92 Å². The summed E-state index contributed by atoms with van der Waals surface area (Å²) < 4.78 is 0. The van der Waals surface area contributed by atoms with Gasteiger partial charge in [-0.1, -0.05) is 19.8 Å². The van der Waals surface area contributed by atoms with Gasteiger partial charge in [-0.3, -0.25) is 4.79 Å². The fourth-order valence-electron chi connectivity index (χ4n) is 1.42. The molecule has 0 aromatic rings. The van der Waals surface area contributed by atoms with Crippen LogP contribution in [-0.4, -0.2) is 40.5 Å². The van der Waals surface area contributed by atoms with Crippen molar-refractivity contribution in [1.82, 2.24) is 4.90 Å². The number of nitrogens with zero attached hydrogens (tertiary/aromatic N) is 1. The smallest absolute Gasteiger partial charge is 0.326 e. The first-order chi connectivity index (χ1) is 7.41. The molecular weight excluding hydrogens is 208 g/mol. The van der Waals surface area contributed by atoms with Crippen LogP contribution in [0, 0.1) is 0 Å². The second-order valence-corrected chi connectivity index (χ2v) is 4.04. The summed E-state index contributed by atoms with van der Waals surface area (Å²) >= 11 is 0. The summed E-state index contributed by atoms with van der Waals surface area (Å²) in [7, 11) is 0. The molecule has 0 aliphatic heterocycles. The minimum absolute atomic E-state index is 0.300. The van der Waals surface area contributed by atoms with Crippen molar-refractivity contribution < 1.29 is 14.7 Å². The fraction of sp³-hybridized carbons (Fsp3) is 0.818. The van der Waals surface area contributed by atoms with E-state index in [-0.39, 0.29) is 5.91 Å². The lowest BCUT2D eigenvalue weighted by molar-refractivity contribution is -0.149. The van der Waals surface area contributed by atoms with Crippen LogP contribution in [0.2, 0.25) is 0 Å². The van der Waals surface area contributed by atoms with Crippen LogP contribution in [-0.2, 0) is 9.59 Å². The van der Waals surface area contributed by atoms with E-state index in [0.29, 0.717) is 6.54 Å². The Labute approximate surface area is 96.6 Å². The number of unbranched alkanes of at least 4 members (excludes halogenated alkanes) is 2. The number of amides is 1. The van der Waals surface area contributed by atoms with Gasteiger partial charge >= 0.3 is 5.97 Å². The number of carboxylic acids is 1. The second kappa shape index (κ2) is 7.22. The molecule has 0 saturated heterocycles. The molecule has 3 N–H and O–H groups in total. The van der Waals surface area contributed by atoms with Gasteiger partial charge in [-0.25, -0.2) is 4.79 Å². The Morgan fingerprint density at radius 1 is 1.31 bits per heavy atom. The Bertz CT molecular complexity index is 241. The lowest BCUT2D eigenvalue weighted by Gasteiger charge is -2.28. The Morgan fingerprint density at radius 3 is 2.25 bits per heavy atom. The Balaban J connectivity index is 4.50. The number of carbonyl (C=O) groups excluding carboxylic acids is 1. The largest absolute Gasteiger partial charge is 0.480 e. The zero-order chi connectivity index (χ0) is 12.7. The predicted octanol–water partition coefficient (Wildman–Crippen LogP) is 0.825. The van der Waals surface area contributed by atoms with Crippen molar-refractivity contribution in [3.63, 3.8) is 0 Å². The summed E-state index contributed by atoms with van der Waals surface area (Å²) in [5.74, 6) is -1.29. The number of aliphatic carboxylic acids is 1. The van der Waals surface area contributed by atoms with Crippen LogP contribution in [0.1, 0.15) is 40.0 Å². The first kappa shape index (κ1) is 14.9. The van der Waals surface area contributed by atoms with Crippen molar-refractivity contribution in [2.24, 2.45) is 5.73 Å². The van der Waals surface area contributed by atoms with Crippen LogP contribution in [0.3, 0.4) is 0 Å². The molecule has 0 aliphatic carbocycles. The van der Waals surface area contributed by atoms with Gasteiger partial charge in [0.15, 0.2) is 0 Å². The van der Waals surface area contributed by atoms with E-state index >= 15 is 0 Å². The van der Waals surface area contributed by atoms with E-state index in [9.17, 15) is 9.59 Å². The minimum atomic E-state index is -0.995. The SMILES string of the molecule is CCCCCN(C(=O)[C@@H](C)N)[C@H](C)C(=O)O. The number of hydrogen-bond donors (Lipinski definition) is 2. The van der Waals surface area contributed by atoms with Gasteiger partial charge in [0, 0.05) is 6.54 Å². The molecule has 0 aromatic carbocycles. The minimum Gasteiger partial charge on any atom is -0.480 e. The molecule has 0 rings (SSSR count). The number of hydrogen-bond acceptors (Lipinski definition) is 3. The highest BCUT2D eigenvalue weighted by Gasteiger charge is 2.26. The van der Waals surface area contributed by atoms with E-state index in [1.807, 2.05) is 0 Å². The van der Waals surface area contributed by atoms with E-state index in [2.05, 4.69) is 6.92 Å². The van der Waals surface area contributed by atoms with Gasteiger partial charge in [0.25, 0.3) is 0 Å². The molecule has 0 aliphatic rings. The van der Waals surface area contributed by atoms with E-state index < -0.39 is 18.1 Å². The first-order valence-electron chi connectivity index (χ1n) is 5.70. The van der Waals surface area contributed by atoms with Crippen molar-refractivity contribution in [2.45, 2.75) is 52.1 Å². The summed E-state index contributed by atoms with van der Waals surface area (Å²) in [5, 5.41) is 8.90. The molecule has 0 radical (unpaired) electrons. The van der Waals surface area contributed by atoms with E-state index in [4.69, 9.17) is 10.8 Å². The molecular formula is C11H22N2O3. The van der Waals surface area contributed by atoms with E-state index in [1.165, 1.54) is 11.8 Å². The van der Waals surface area contributed by atoms with Gasteiger partial charge in [0.2, 0.25) is 5.91 Å². The van der Waals surface area contributed by atoms with Gasteiger partial charge in [0.05, 0.1) is 6.04 Å². The van der Waals surface area contributed by atoms with Gasteiger partial charge in [0.1, 0.15) is 6.04 Å². The zero-order valence-electron chi connectivity index (χ0n) is 10.3. The molecule has 94 valence electrons. The third-order valence-corrected chi connectivity index (χ3v) is 2.50. The maximum Gasteiger partial charge on any atom is 0.326 e. The molecule has 1 amide bonds. The molecule has 0 saturated carbocycles. The standard InChI is InChI=1S/C11H22N2O3/c1-4-5-6-7-13(9(3)11(15)16)10(14)8(2)12/h8-9H,4-7,12H2,1-3H3,(H,15,16)/t8-,9-/m1/s1. The molecule has 2 atom stereocenters. The summed E-state index contributed by atoms with van der Waals surface area (Å²) in [6.45, 7) is 5.60. The Morgan fingerprint density at radius 2 is 1.88 bits per heavy atom. The van der Waals surface area contributed by atoms with Crippen LogP contribution in [0.4, 0.5) is 0 Å². The lowest BCUT2D eigenvalue weighted by Crippen LogP contribution is -2.49. The third kappa shape index (κ3) is 4.61. The normalized spacial score (nSPS) is 14.2. The maximum atomic E-state index is 11.7. The maximum absolute atomic E-state index is 11.7. The summed E-state index contributed by atoms with van der Waals surface area (Å²) in [4.78, 5) is 23.9. The number of nitrogens with two attached hydrogens (primary N) is 1. The quantitative estimate of drug-likeness (QED) is 0.634. The van der Waals surface area contributed by atoms with E-state index in [0.717, 1.165) is 19.3 Å². The Hall–Kier alpha value is -1.10. The number of carbonyl (C=O) groups is 2. The topological polar surface area (TPSA) is 83.6 Å². The van der Waals surface area contributed by atoms with Gasteiger partial charge in [-0.05, 0) is 20.3 Å². The molecule has 0 bridgehead atoms. The highest BCUT2D eigenvalue weighted by molar-refractivity contribution is 5.86. The molecule has 0 spiro atoms. The molecule has 0 fully saturated rings. The van der Waals surface area contributed by atoms with Gasteiger partial charge < -0.3 is 15.7 Å². The number of rotatable bonds is 7. The second-order valence-electron chi connectivity index (χ2n) is 4.04. The average molecular weight is 230 g/mol. The molecule has 16 heavy (non-hydrogen) atoms. The third-order valence-electron chi connectivity index (χ3n) is 2.50. The highest BCUT2D eigenvalue weighted by Crippen LogP contribution is 2.06. The summed E-state index contributed by atoms with van der Waals surface area (Å²) in [5.41, 5.74) is 5.49. The molecule has 0 aromatic heterocycles.